The van der Waals surface area contributed by atoms with E-state index in [1.54, 1.807) is 6.92 Å². The van der Waals surface area contributed by atoms with E-state index in [1.807, 2.05) is 0 Å². The molecule has 1 rings (SSSR count). The summed E-state index contributed by atoms with van der Waals surface area (Å²) in [6, 6.07) is 0. The summed E-state index contributed by atoms with van der Waals surface area (Å²) in [4.78, 5) is 10.1. The number of hydrogen-bond donors (Lipinski definition) is 1. The van der Waals surface area contributed by atoms with Gasteiger partial charge in [0.1, 0.15) is 5.01 Å². The molecule has 0 aliphatic rings. The number of carboxylic acids is 1. The maximum Gasteiger partial charge on any atom is 1.00 e. The van der Waals surface area contributed by atoms with Gasteiger partial charge in [-0.2, -0.15) is 0 Å². The van der Waals surface area contributed by atoms with Gasteiger partial charge in [-0.15, -0.1) is 10.2 Å². The quantitative estimate of drug-likeness (QED) is 0.458. The summed E-state index contributed by atoms with van der Waals surface area (Å²) in [6.07, 6.45) is 0. The van der Waals surface area contributed by atoms with E-state index in [2.05, 4.69) is 10.2 Å². The van der Waals surface area contributed by atoms with Crippen LogP contribution >= 0.6 is 11.3 Å². The van der Waals surface area contributed by atoms with Crippen LogP contribution in [0.1, 0.15) is 16.2 Å². The van der Waals surface area contributed by atoms with Crippen molar-refractivity contribution in [1.82, 2.24) is 10.2 Å². The number of aromatic nitrogens is 2. The fraction of sp³-hybridized carbons (Fsp3) is 0.250. The third-order valence-corrected chi connectivity index (χ3v) is 1.54. The second-order valence-electron chi connectivity index (χ2n) is 1.43. The van der Waals surface area contributed by atoms with Gasteiger partial charge < -0.3 is 6.53 Å². The third-order valence-electron chi connectivity index (χ3n) is 0.709. The van der Waals surface area contributed by atoms with Crippen molar-refractivity contribution in [3.05, 3.63) is 10.0 Å². The van der Waals surface area contributed by atoms with Crippen LogP contribution in [0, 0.1) is 6.92 Å². The number of rotatable bonds is 1. The number of nitrogens with zero attached hydrogens (tertiary/aromatic N) is 2. The van der Waals surface area contributed by atoms with Gasteiger partial charge in [-0.05, 0) is 6.92 Å². The Labute approximate surface area is 74.9 Å². The van der Waals surface area contributed by atoms with Gasteiger partial charge in [0.2, 0.25) is 5.01 Å². The van der Waals surface area contributed by atoms with E-state index >= 15 is 0 Å². The minimum Gasteiger partial charge on any atom is -1.00 e. The molecule has 0 unspecified atom stereocenters. The third kappa shape index (κ3) is 2.10. The fourth-order valence-electron chi connectivity index (χ4n) is 0.383. The van der Waals surface area contributed by atoms with E-state index in [0.29, 0.717) is 5.01 Å². The van der Waals surface area contributed by atoms with E-state index in [-0.39, 0.29) is 25.3 Å². The van der Waals surface area contributed by atoms with Crippen molar-refractivity contribution in [3.8, 4) is 0 Å². The van der Waals surface area contributed by atoms with Crippen LogP contribution in [0.3, 0.4) is 0 Å². The van der Waals surface area contributed by atoms with Gasteiger partial charge >= 0.3 is 24.8 Å². The monoisotopic (exact) mass is 152 g/mol. The molecule has 50 valence electrons. The topological polar surface area (TPSA) is 63.1 Å². The molecule has 0 fully saturated rings. The number of aryl methyl sites for hydroxylation is 1. The summed E-state index contributed by atoms with van der Waals surface area (Å²) in [6.45, 7) is 1.71. The Bertz CT molecular complexity index is 242. The second kappa shape index (κ2) is 3.71. The first-order chi connectivity index (χ1) is 4.20. The molecule has 1 aromatic heterocycles. The van der Waals surface area contributed by atoms with E-state index in [4.69, 9.17) is 5.11 Å². The van der Waals surface area contributed by atoms with Crippen molar-refractivity contribution in [2.24, 2.45) is 0 Å². The molecule has 0 saturated carbocycles. The van der Waals surface area contributed by atoms with Crippen LogP contribution in [-0.4, -0.2) is 21.3 Å². The summed E-state index contributed by atoms with van der Waals surface area (Å²) >= 11 is 1.07. The average Bonchev–Trinajstić information content (AvgIpc) is 2.14. The molecule has 10 heavy (non-hydrogen) atoms. The van der Waals surface area contributed by atoms with Gasteiger partial charge in [0.05, 0.1) is 0 Å². The molecule has 1 N–H and O–H groups in total. The molecule has 1 aromatic rings. The molecule has 0 spiro atoms. The molecule has 0 radical (unpaired) electrons. The normalized spacial score (nSPS) is 8.50. The van der Waals surface area contributed by atoms with Gasteiger partial charge in [0.15, 0.2) is 0 Å². The molecule has 0 saturated heterocycles. The zero-order valence-corrected chi connectivity index (χ0v) is 6.47. The van der Waals surface area contributed by atoms with Crippen LogP contribution < -0.4 is 18.9 Å². The summed E-state index contributed by atoms with van der Waals surface area (Å²) in [5.74, 6) is -1.01. The van der Waals surface area contributed by atoms with E-state index < -0.39 is 5.97 Å². The summed E-state index contributed by atoms with van der Waals surface area (Å²) < 4.78 is 0. The van der Waals surface area contributed by atoms with Crippen molar-refractivity contribution < 1.29 is 30.2 Å². The zero-order chi connectivity index (χ0) is 6.85. The molecule has 6 heteroatoms. The maximum atomic E-state index is 10.1. The largest absolute Gasteiger partial charge is 1.00 e. The molecular weight excluding hydrogens is 147 g/mol. The Morgan fingerprint density at radius 3 is 2.50 bits per heavy atom. The molecule has 0 aromatic carbocycles. The molecule has 0 aliphatic heterocycles. The van der Waals surface area contributed by atoms with Gasteiger partial charge in [-0.25, -0.2) is 4.79 Å². The summed E-state index contributed by atoms with van der Waals surface area (Å²) in [7, 11) is 0. The maximum absolute atomic E-state index is 10.1. The predicted octanol–water partition coefficient (Wildman–Crippen LogP) is -2.34. The van der Waals surface area contributed by atoms with Crippen LogP contribution in [0.4, 0.5) is 0 Å². The average molecular weight is 152 g/mol. The molecular formula is C4H5LiN2O2S. The Morgan fingerprint density at radius 2 is 2.30 bits per heavy atom. The molecule has 0 atom stereocenters. The Hall–Kier alpha value is -0.373. The first-order valence-electron chi connectivity index (χ1n) is 2.23. The molecule has 0 amide bonds. The number of carboxylic acid groups (broad SMARTS) is 1. The molecule has 0 bridgehead atoms. The standard InChI is InChI=1S/C4H4N2O2S.Li.H/c1-2-5-6-3(9-2)4(7)8;;/h1H3,(H,7,8);;/q;+1;-1. The van der Waals surface area contributed by atoms with Crippen LogP contribution in [0.5, 0.6) is 0 Å². The van der Waals surface area contributed by atoms with Crippen molar-refractivity contribution in [2.45, 2.75) is 6.92 Å². The van der Waals surface area contributed by atoms with Crippen LogP contribution in [0.15, 0.2) is 0 Å². The minimum atomic E-state index is -1.01. The van der Waals surface area contributed by atoms with Crippen LogP contribution in [-0.2, 0) is 0 Å². The Morgan fingerprint density at radius 1 is 1.70 bits per heavy atom. The zero-order valence-electron chi connectivity index (χ0n) is 6.66. The van der Waals surface area contributed by atoms with E-state index in [0.717, 1.165) is 11.3 Å². The Balaban J connectivity index is 0. The fourth-order valence-corrected chi connectivity index (χ4v) is 0.913. The number of aromatic carboxylic acids is 1. The summed E-state index contributed by atoms with van der Waals surface area (Å²) in [5.41, 5.74) is 0. The van der Waals surface area contributed by atoms with Gasteiger partial charge in [-0.1, -0.05) is 11.3 Å². The minimum absolute atomic E-state index is 0. The second-order valence-corrected chi connectivity index (χ2v) is 2.61. The predicted molar refractivity (Wildman–Crippen MR) is 32.7 cm³/mol. The van der Waals surface area contributed by atoms with Crippen LogP contribution in [0.25, 0.3) is 0 Å². The smallest absolute Gasteiger partial charge is 1.00 e. The van der Waals surface area contributed by atoms with Gasteiger partial charge in [0, 0.05) is 0 Å². The van der Waals surface area contributed by atoms with Gasteiger partial charge in [-0.3, -0.25) is 0 Å². The van der Waals surface area contributed by atoms with Crippen LogP contribution in [0.2, 0.25) is 0 Å². The number of carbonyl (C=O) groups is 1. The van der Waals surface area contributed by atoms with Crippen molar-refractivity contribution >= 4 is 17.3 Å². The van der Waals surface area contributed by atoms with Crippen molar-refractivity contribution in [2.75, 3.05) is 0 Å². The Kier molecular flexibility index (Phi) is 3.57. The van der Waals surface area contributed by atoms with Crippen molar-refractivity contribution in [3.63, 3.8) is 0 Å². The number of hydrogen-bond acceptors (Lipinski definition) is 4. The molecule has 0 aliphatic carbocycles. The first-order valence-corrected chi connectivity index (χ1v) is 3.05. The SMILES string of the molecule is Cc1nnc(C(=O)O)s1.[H-].[Li+]. The molecule has 4 nitrogen and oxygen atoms in total. The first kappa shape index (κ1) is 9.63. The summed E-state index contributed by atoms with van der Waals surface area (Å²) in [5, 5.41) is 15.9. The molecule has 1 heterocycles. The van der Waals surface area contributed by atoms with E-state index in [9.17, 15) is 4.79 Å². The van der Waals surface area contributed by atoms with Gasteiger partial charge in [0.25, 0.3) is 0 Å². The van der Waals surface area contributed by atoms with E-state index in [1.165, 1.54) is 0 Å². The van der Waals surface area contributed by atoms with Crippen molar-refractivity contribution in [1.29, 1.82) is 0 Å².